The van der Waals surface area contributed by atoms with Crippen LogP contribution in [0.2, 0.25) is 0 Å². The van der Waals surface area contributed by atoms with E-state index in [1.54, 1.807) is 12.1 Å². The molecule has 2 aromatic carbocycles. The molecule has 0 bridgehead atoms. The summed E-state index contributed by atoms with van der Waals surface area (Å²) in [6.07, 6.45) is 2.19. The van der Waals surface area contributed by atoms with E-state index >= 15 is 0 Å². The summed E-state index contributed by atoms with van der Waals surface area (Å²) >= 11 is 0. The van der Waals surface area contributed by atoms with Gasteiger partial charge in [0.25, 0.3) is 5.69 Å². The van der Waals surface area contributed by atoms with Crippen LogP contribution in [-0.4, -0.2) is 11.0 Å². The van der Waals surface area contributed by atoms with Crippen LogP contribution < -0.4 is 5.32 Å². The maximum Gasteiger partial charge on any atom is 0.292 e. The van der Waals surface area contributed by atoms with Gasteiger partial charge >= 0.3 is 0 Å². The predicted molar refractivity (Wildman–Crippen MR) is 75.2 cm³/mol. The molecule has 4 heteroatoms. The third-order valence-corrected chi connectivity index (χ3v) is 3.24. The normalized spacial score (nSPS) is 14.1. The second kappa shape index (κ2) is 4.72. The van der Waals surface area contributed by atoms with Crippen molar-refractivity contribution in [3.8, 4) is 11.1 Å². The van der Waals surface area contributed by atoms with Crippen molar-refractivity contribution in [2.24, 2.45) is 0 Å². The lowest BCUT2D eigenvalue weighted by Crippen LogP contribution is -2.04. The number of hydrogen-bond acceptors (Lipinski definition) is 3. The Kier molecular flexibility index (Phi) is 2.91. The zero-order valence-corrected chi connectivity index (χ0v) is 10.4. The van der Waals surface area contributed by atoms with Crippen molar-refractivity contribution in [1.82, 2.24) is 0 Å². The first-order chi connectivity index (χ1) is 9.24. The molecule has 0 amide bonds. The van der Waals surface area contributed by atoms with Crippen LogP contribution >= 0.6 is 0 Å². The summed E-state index contributed by atoms with van der Waals surface area (Å²) in [5.74, 6) is 0. The van der Waals surface area contributed by atoms with Gasteiger partial charge in [0.15, 0.2) is 0 Å². The quantitative estimate of drug-likeness (QED) is 0.666. The molecule has 0 radical (unpaired) electrons. The third kappa shape index (κ3) is 2.57. The first-order valence-corrected chi connectivity index (χ1v) is 6.34. The van der Waals surface area contributed by atoms with Crippen LogP contribution in [-0.2, 0) is 0 Å². The second-order valence-corrected chi connectivity index (χ2v) is 4.77. The van der Waals surface area contributed by atoms with Gasteiger partial charge in [-0.15, -0.1) is 0 Å². The van der Waals surface area contributed by atoms with Crippen LogP contribution in [0, 0.1) is 10.1 Å². The highest BCUT2D eigenvalue weighted by molar-refractivity contribution is 5.73. The molecule has 19 heavy (non-hydrogen) atoms. The van der Waals surface area contributed by atoms with Gasteiger partial charge in [-0.05, 0) is 30.0 Å². The van der Waals surface area contributed by atoms with Gasteiger partial charge < -0.3 is 5.32 Å². The minimum atomic E-state index is -0.322. The van der Waals surface area contributed by atoms with E-state index in [-0.39, 0.29) is 10.6 Å². The average Bonchev–Trinajstić information content (AvgIpc) is 3.24. The second-order valence-electron chi connectivity index (χ2n) is 4.77. The number of rotatable bonds is 4. The summed E-state index contributed by atoms with van der Waals surface area (Å²) < 4.78 is 0. The van der Waals surface area contributed by atoms with E-state index in [0.29, 0.717) is 11.7 Å². The Balaban J connectivity index is 1.99. The molecule has 0 aromatic heterocycles. The van der Waals surface area contributed by atoms with Gasteiger partial charge in [-0.2, -0.15) is 0 Å². The van der Waals surface area contributed by atoms with E-state index in [1.807, 2.05) is 36.4 Å². The number of nitro groups is 1. The Hall–Kier alpha value is -2.36. The molecule has 1 saturated carbocycles. The molecular weight excluding hydrogens is 240 g/mol. The monoisotopic (exact) mass is 254 g/mol. The first-order valence-electron chi connectivity index (χ1n) is 6.34. The van der Waals surface area contributed by atoms with E-state index in [9.17, 15) is 10.1 Å². The van der Waals surface area contributed by atoms with Crippen LogP contribution in [0.15, 0.2) is 48.5 Å². The van der Waals surface area contributed by atoms with Gasteiger partial charge in [0, 0.05) is 12.1 Å². The summed E-state index contributed by atoms with van der Waals surface area (Å²) in [7, 11) is 0. The lowest BCUT2D eigenvalue weighted by Gasteiger charge is -2.08. The molecule has 0 heterocycles. The molecule has 96 valence electrons. The summed E-state index contributed by atoms with van der Waals surface area (Å²) in [5.41, 5.74) is 2.62. The van der Waals surface area contributed by atoms with Crippen LogP contribution in [0.25, 0.3) is 11.1 Å². The van der Waals surface area contributed by atoms with Crippen LogP contribution in [0.5, 0.6) is 0 Å². The Labute approximate surface area is 111 Å². The molecule has 0 aliphatic heterocycles. The van der Waals surface area contributed by atoms with E-state index in [1.165, 1.54) is 0 Å². The summed E-state index contributed by atoms with van der Waals surface area (Å²) in [4.78, 5) is 10.9. The fourth-order valence-corrected chi connectivity index (χ4v) is 2.06. The summed E-state index contributed by atoms with van der Waals surface area (Å²) in [6.45, 7) is 0. The number of nitrogens with one attached hydrogen (secondary N) is 1. The Morgan fingerprint density at radius 2 is 1.79 bits per heavy atom. The molecule has 4 nitrogen and oxygen atoms in total. The standard InChI is InChI=1S/C15H14N2O2/c18-17(19)15-10-12(11-4-2-1-3-5-11)6-9-14(15)16-13-7-8-13/h1-6,9-10,13,16H,7-8H2. The zero-order valence-electron chi connectivity index (χ0n) is 10.4. The van der Waals surface area contributed by atoms with Gasteiger partial charge in [-0.25, -0.2) is 0 Å². The molecule has 2 aromatic rings. The van der Waals surface area contributed by atoms with Gasteiger partial charge in [0.05, 0.1) is 4.92 Å². The fourth-order valence-electron chi connectivity index (χ4n) is 2.06. The van der Waals surface area contributed by atoms with Gasteiger partial charge in [0.2, 0.25) is 0 Å². The summed E-state index contributed by atoms with van der Waals surface area (Å²) in [6, 6.07) is 15.5. The highest BCUT2D eigenvalue weighted by atomic mass is 16.6. The number of anilines is 1. The lowest BCUT2D eigenvalue weighted by atomic mass is 10.0. The van der Waals surface area contributed by atoms with Crippen molar-refractivity contribution < 1.29 is 4.92 Å². The van der Waals surface area contributed by atoms with E-state index in [0.717, 1.165) is 24.0 Å². The number of benzene rings is 2. The van der Waals surface area contributed by atoms with Crippen LogP contribution in [0.3, 0.4) is 0 Å². The van der Waals surface area contributed by atoms with Crippen LogP contribution in [0.4, 0.5) is 11.4 Å². The van der Waals surface area contributed by atoms with Crippen LogP contribution in [0.1, 0.15) is 12.8 Å². The molecule has 1 fully saturated rings. The van der Waals surface area contributed by atoms with Crippen molar-refractivity contribution >= 4 is 11.4 Å². The van der Waals surface area contributed by atoms with E-state index in [4.69, 9.17) is 0 Å². The molecule has 1 N–H and O–H groups in total. The Bertz CT molecular complexity index is 607. The SMILES string of the molecule is O=[N+]([O-])c1cc(-c2ccccc2)ccc1NC1CC1. The predicted octanol–water partition coefficient (Wildman–Crippen LogP) is 3.84. The molecule has 0 unspecified atom stereocenters. The maximum atomic E-state index is 11.2. The van der Waals surface area contributed by atoms with Crippen molar-refractivity contribution in [3.63, 3.8) is 0 Å². The fraction of sp³-hybridized carbons (Fsp3) is 0.200. The smallest absolute Gasteiger partial charge is 0.292 e. The molecule has 3 rings (SSSR count). The van der Waals surface area contributed by atoms with E-state index in [2.05, 4.69) is 5.32 Å². The molecule has 1 aliphatic rings. The third-order valence-electron chi connectivity index (χ3n) is 3.24. The number of nitro benzene ring substituents is 1. The first kappa shape index (κ1) is 11.7. The topological polar surface area (TPSA) is 55.2 Å². The molecule has 0 saturated heterocycles. The zero-order chi connectivity index (χ0) is 13.2. The molecular formula is C15H14N2O2. The van der Waals surface area contributed by atoms with Crippen molar-refractivity contribution in [3.05, 3.63) is 58.6 Å². The van der Waals surface area contributed by atoms with Gasteiger partial charge in [-0.1, -0.05) is 36.4 Å². The minimum Gasteiger partial charge on any atom is -0.377 e. The Morgan fingerprint density at radius 3 is 2.42 bits per heavy atom. The highest BCUT2D eigenvalue weighted by Gasteiger charge is 2.24. The molecule has 0 atom stereocenters. The number of hydrogen-bond donors (Lipinski definition) is 1. The van der Waals surface area contributed by atoms with E-state index < -0.39 is 0 Å². The molecule has 0 spiro atoms. The van der Waals surface area contributed by atoms with Crippen molar-refractivity contribution in [1.29, 1.82) is 0 Å². The van der Waals surface area contributed by atoms with Gasteiger partial charge in [0.1, 0.15) is 5.69 Å². The van der Waals surface area contributed by atoms with Crippen molar-refractivity contribution in [2.45, 2.75) is 18.9 Å². The van der Waals surface area contributed by atoms with Crippen molar-refractivity contribution in [2.75, 3.05) is 5.32 Å². The average molecular weight is 254 g/mol. The van der Waals surface area contributed by atoms with Gasteiger partial charge in [-0.3, -0.25) is 10.1 Å². The number of nitrogens with zero attached hydrogens (tertiary/aromatic N) is 1. The Morgan fingerprint density at radius 1 is 1.05 bits per heavy atom. The highest BCUT2D eigenvalue weighted by Crippen LogP contribution is 2.34. The molecule has 1 aliphatic carbocycles. The lowest BCUT2D eigenvalue weighted by molar-refractivity contribution is -0.383. The summed E-state index contributed by atoms with van der Waals surface area (Å²) in [5, 5.41) is 14.4. The maximum absolute atomic E-state index is 11.2. The largest absolute Gasteiger partial charge is 0.377 e. The minimum absolute atomic E-state index is 0.147.